The smallest absolute Gasteiger partial charge is 0.321 e. The van der Waals surface area contributed by atoms with Crippen LogP contribution in [0, 0.1) is 6.92 Å². The van der Waals surface area contributed by atoms with Gasteiger partial charge in [0, 0.05) is 6.54 Å². The summed E-state index contributed by atoms with van der Waals surface area (Å²) in [6.07, 6.45) is -0.405. The number of aryl methyl sites for hydroxylation is 1. The van der Waals surface area contributed by atoms with Gasteiger partial charge in [0.1, 0.15) is 6.04 Å². The molecule has 0 saturated carbocycles. The van der Waals surface area contributed by atoms with E-state index in [1.165, 1.54) is 4.90 Å². The second kappa shape index (κ2) is 6.16. The van der Waals surface area contributed by atoms with Crippen molar-refractivity contribution in [1.29, 1.82) is 0 Å². The maximum absolute atomic E-state index is 11.0. The second-order valence-corrected chi connectivity index (χ2v) is 4.35. The molecule has 1 atom stereocenters. The Balaban J connectivity index is 2.72. The summed E-state index contributed by atoms with van der Waals surface area (Å²) in [5, 5.41) is 17.7. The largest absolute Gasteiger partial charge is 0.481 e. The van der Waals surface area contributed by atoms with Gasteiger partial charge in [-0.05, 0) is 19.5 Å². The van der Waals surface area contributed by atoms with E-state index in [1.807, 2.05) is 31.2 Å². The predicted octanol–water partition coefficient (Wildman–Crippen LogP) is 1.35. The number of rotatable bonds is 6. The Morgan fingerprint density at radius 1 is 1.22 bits per heavy atom. The highest BCUT2D eigenvalue weighted by Crippen LogP contribution is 2.10. The molecular formula is C13H17NO4. The van der Waals surface area contributed by atoms with Gasteiger partial charge in [-0.3, -0.25) is 14.5 Å². The lowest BCUT2D eigenvalue weighted by Crippen LogP contribution is -2.39. The number of carboxylic acid groups (broad SMARTS) is 2. The predicted molar refractivity (Wildman–Crippen MR) is 66.3 cm³/mol. The van der Waals surface area contributed by atoms with Crippen LogP contribution < -0.4 is 0 Å². The molecule has 0 heterocycles. The van der Waals surface area contributed by atoms with Crippen molar-refractivity contribution in [3.05, 3.63) is 35.4 Å². The van der Waals surface area contributed by atoms with Crippen LogP contribution in [0.5, 0.6) is 0 Å². The molecule has 1 aromatic rings. The van der Waals surface area contributed by atoms with Gasteiger partial charge in [0.05, 0.1) is 6.42 Å². The molecule has 0 fully saturated rings. The van der Waals surface area contributed by atoms with Crippen LogP contribution in [0.2, 0.25) is 0 Å². The van der Waals surface area contributed by atoms with Gasteiger partial charge in [0.2, 0.25) is 0 Å². The Labute approximate surface area is 106 Å². The number of nitrogens with zero attached hydrogens (tertiary/aromatic N) is 1. The van der Waals surface area contributed by atoms with Crippen LogP contribution in [-0.4, -0.2) is 40.1 Å². The van der Waals surface area contributed by atoms with E-state index in [0.29, 0.717) is 6.54 Å². The van der Waals surface area contributed by atoms with Crippen molar-refractivity contribution in [1.82, 2.24) is 4.90 Å². The van der Waals surface area contributed by atoms with Crippen LogP contribution in [0.3, 0.4) is 0 Å². The molecule has 18 heavy (non-hydrogen) atoms. The van der Waals surface area contributed by atoms with Crippen molar-refractivity contribution in [2.24, 2.45) is 0 Å². The minimum atomic E-state index is -1.12. The maximum Gasteiger partial charge on any atom is 0.321 e. The molecular weight excluding hydrogens is 234 g/mol. The lowest BCUT2D eigenvalue weighted by atomic mass is 10.1. The van der Waals surface area contributed by atoms with Crippen LogP contribution in [0.1, 0.15) is 17.5 Å². The lowest BCUT2D eigenvalue weighted by Gasteiger charge is -2.23. The standard InChI is InChI=1S/C13H17NO4/c1-9-3-5-10(6-4-9)8-14(2)11(13(17)18)7-12(15)16/h3-6,11H,7-8H2,1-2H3,(H,15,16)(H,17,18). The van der Waals surface area contributed by atoms with Gasteiger partial charge in [-0.15, -0.1) is 0 Å². The molecule has 5 nitrogen and oxygen atoms in total. The molecule has 1 rings (SSSR count). The van der Waals surface area contributed by atoms with Gasteiger partial charge < -0.3 is 10.2 Å². The zero-order chi connectivity index (χ0) is 13.7. The fraction of sp³-hybridized carbons (Fsp3) is 0.385. The summed E-state index contributed by atoms with van der Waals surface area (Å²) in [6.45, 7) is 2.38. The Hall–Kier alpha value is -1.88. The Kier molecular flexibility index (Phi) is 4.85. The van der Waals surface area contributed by atoms with Gasteiger partial charge in [0.25, 0.3) is 0 Å². The minimum Gasteiger partial charge on any atom is -0.481 e. The summed E-state index contributed by atoms with van der Waals surface area (Å²) in [7, 11) is 1.61. The number of hydrogen-bond acceptors (Lipinski definition) is 3. The summed E-state index contributed by atoms with van der Waals surface area (Å²) in [5.74, 6) is -2.23. The molecule has 1 aromatic carbocycles. The summed E-state index contributed by atoms with van der Waals surface area (Å²) in [4.78, 5) is 23.2. The Morgan fingerprint density at radius 3 is 2.22 bits per heavy atom. The monoisotopic (exact) mass is 251 g/mol. The van der Waals surface area contributed by atoms with Crippen molar-refractivity contribution in [2.75, 3.05) is 7.05 Å². The SMILES string of the molecule is Cc1ccc(CN(C)C(CC(=O)O)C(=O)O)cc1. The van der Waals surface area contributed by atoms with Crippen LogP contribution in [0.25, 0.3) is 0 Å². The van der Waals surface area contributed by atoms with E-state index in [-0.39, 0.29) is 0 Å². The van der Waals surface area contributed by atoms with Gasteiger partial charge in [0.15, 0.2) is 0 Å². The average Bonchev–Trinajstić information content (AvgIpc) is 2.28. The van der Waals surface area contributed by atoms with Gasteiger partial charge >= 0.3 is 11.9 Å². The highest BCUT2D eigenvalue weighted by atomic mass is 16.4. The third kappa shape index (κ3) is 4.18. The molecule has 0 aliphatic rings. The molecule has 0 aliphatic carbocycles. The van der Waals surface area contributed by atoms with Gasteiger partial charge in [-0.1, -0.05) is 29.8 Å². The number of hydrogen-bond donors (Lipinski definition) is 2. The van der Waals surface area contributed by atoms with E-state index in [0.717, 1.165) is 11.1 Å². The van der Waals surface area contributed by atoms with Crippen molar-refractivity contribution >= 4 is 11.9 Å². The highest BCUT2D eigenvalue weighted by Gasteiger charge is 2.25. The molecule has 0 aromatic heterocycles. The zero-order valence-electron chi connectivity index (χ0n) is 10.5. The molecule has 0 bridgehead atoms. The number of aliphatic carboxylic acids is 2. The first-order valence-corrected chi connectivity index (χ1v) is 5.60. The Bertz CT molecular complexity index is 427. The highest BCUT2D eigenvalue weighted by molar-refractivity contribution is 5.80. The number of likely N-dealkylation sites (N-methyl/N-ethyl adjacent to an activating group) is 1. The molecule has 5 heteroatoms. The zero-order valence-corrected chi connectivity index (χ0v) is 10.5. The number of benzene rings is 1. The molecule has 98 valence electrons. The second-order valence-electron chi connectivity index (χ2n) is 4.35. The quantitative estimate of drug-likeness (QED) is 0.798. The fourth-order valence-corrected chi connectivity index (χ4v) is 1.69. The van der Waals surface area contributed by atoms with E-state index in [4.69, 9.17) is 10.2 Å². The van der Waals surface area contributed by atoms with E-state index in [1.54, 1.807) is 7.05 Å². The normalized spacial score (nSPS) is 12.4. The van der Waals surface area contributed by atoms with Crippen molar-refractivity contribution < 1.29 is 19.8 Å². The summed E-state index contributed by atoms with van der Waals surface area (Å²) < 4.78 is 0. The minimum absolute atomic E-state index is 0.405. The van der Waals surface area contributed by atoms with Crippen molar-refractivity contribution in [3.63, 3.8) is 0 Å². The number of carbonyl (C=O) groups is 2. The van der Waals surface area contributed by atoms with Gasteiger partial charge in [-0.2, -0.15) is 0 Å². The first-order valence-electron chi connectivity index (χ1n) is 5.60. The first kappa shape index (κ1) is 14.2. The molecule has 0 amide bonds. The van der Waals surface area contributed by atoms with Crippen molar-refractivity contribution in [3.8, 4) is 0 Å². The molecule has 0 radical (unpaired) electrons. The van der Waals surface area contributed by atoms with E-state index in [2.05, 4.69) is 0 Å². The van der Waals surface area contributed by atoms with Crippen LogP contribution in [0.15, 0.2) is 24.3 Å². The van der Waals surface area contributed by atoms with Crippen molar-refractivity contribution in [2.45, 2.75) is 25.9 Å². The molecule has 0 spiro atoms. The van der Waals surface area contributed by atoms with E-state index in [9.17, 15) is 9.59 Å². The molecule has 0 aliphatic heterocycles. The van der Waals surface area contributed by atoms with Crippen LogP contribution in [-0.2, 0) is 16.1 Å². The topological polar surface area (TPSA) is 77.8 Å². The maximum atomic E-state index is 11.0. The summed E-state index contributed by atoms with van der Waals surface area (Å²) >= 11 is 0. The summed E-state index contributed by atoms with van der Waals surface area (Å²) in [5.41, 5.74) is 2.08. The third-order valence-corrected chi connectivity index (χ3v) is 2.74. The first-order chi connectivity index (χ1) is 8.40. The molecule has 0 saturated heterocycles. The summed E-state index contributed by atoms with van der Waals surface area (Å²) in [6, 6.07) is 6.69. The van der Waals surface area contributed by atoms with E-state index >= 15 is 0 Å². The lowest BCUT2D eigenvalue weighted by molar-refractivity contribution is -0.149. The van der Waals surface area contributed by atoms with Crippen LogP contribution >= 0.6 is 0 Å². The number of carboxylic acids is 2. The third-order valence-electron chi connectivity index (χ3n) is 2.74. The molecule has 1 unspecified atom stereocenters. The fourth-order valence-electron chi connectivity index (χ4n) is 1.69. The average molecular weight is 251 g/mol. The van der Waals surface area contributed by atoms with Gasteiger partial charge in [-0.25, -0.2) is 0 Å². The van der Waals surface area contributed by atoms with E-state index < -0.39 is 24.4 Å². The Morgan fingerprint density at radius 2 is 1.78 bits per heavy atom. The van der Waals surface area contributed by atoms with Crippen LogP contribution in [0.4, 0.5) is 0 Å². The molecule has 2 N–H and O–H groups in total.